The van der Waals surface area contributed by atoms with Gasteiger partial charge < -0.3 is 0 Å². The van der Waals surface area contributed by atoms with Gasteiger partial charge in [-0.25, -0.2) is 0 Å². The molecule has 0 unspecified atom stereocenters. The van der Waals surface area contributed by atoms with Crippen molar-refractivity contribution in [3.63, 3.8) is 0 Å². The Morgan fingerprint density at radius 1 is 1.08 bits per heavy atom. The number of hydrogen-bond donors (Lipinski definition) is 0. The largest absolute Gasteiger partial charge is 0.121 e. The molecule has 0 spiro atoms. The molecule has 0 saturated carbocycles. The lowest BCUT2D eigenvalue weighted by atomic mass is 10.2. The van der Waals surface area contributed by atoms with Crippen LogP contribution in [0.3, 0.4) is 0 Å². The third-order valence-electron chi connectivity index (χ3n) is 1.62. The molecule has 0 bridgehead atoms. The highest BCUT2D eigenvalue weighted by Gasteiger charge is 2.06. The SMILES string of the molecule is S=c1ssc(-c2ccccc2)c1Cl. The average molecular weight is 245 g/mol. The summed E-state index contributed by atoms with van der Waals surface area (Å²) in [6, 6.07) is 10.1. The lowest BCUT2D eigenvalue weighted by molar-refractivity contribution is 1.70. The Hall–Kier alpha value is -0.220. The predicted molar refractivity (Wildman–Crippen MR) is 63.5 cm³/mol. The van der Waals surface area contributed by atoms with Crippen LogP contribution in [0.15, 0.2) is 30.3 Å². The van der Waals surface area contributed by atoms with Crippen LogP contribution >= 0.6 is 44.5 Å². The minimum atomic E-state index is 0.719. The smallest absolute Gasteiger partial charge is 0.0802 e. The maximum Gasteiger partial charge on any atom is 0.121 e. The van der Waals surface area contributed by atoms with E-state index < -0.39 is 0 Å². The second-order valence-electron chi connectivity index (χ2n) is 2.46. The van der Waals surface area contributed by atoms with Gasteiger partial charge in [0.2, 0.25) is 0 Å². The number of benzene rings is 1. The van der Waals surface area contributed by atoms with Crippen molar-refractivity contribution in [2.45, 2.75) is 0 Å². The summed E-state index contributed by atoms with van der Waals surface area (Å²) in [7, 11) is 3.19. The van der Waals surface area contributed by atoms with Gasteiger partial charge in [0.15, 0.2) is 0 Å². The van der Waals surface area contributed by atoms with Crippen LogP contribution < -0.4 is 0 Å². The lowest BCUT2D eigenvalue weighted by Crippen LogP contribution is -1.70. The van der Waals surface area contributed by atoms with Crippen molar-refractivity contribution in [1.82, 2.24) is 0 Å². The highest BCUT2D eigenvalue weighted by atomic mass is 35.5. The van der Waals surface area contributed by atoms with Crippen LogP contribution in [-0.2, 0) is 0 Å². The zero-order chi connectivity index (χ0) is 9.26. The van der Waals surface area contributed by atoms with Gasteiger partial charge in [-0.3, -0.25) is 0 Å². The molecule has 1 aromatic heterocycles. The van der Waals surface area contributed by atoms with Crippen LogP contribution in [0, 0.1) is 3.82 Å². The van der Waals surface area contributed by atoms with Gasteiger partial charge in [-0.05, 0) is 5.56 Å². The molecule has 0 saturated heterocycles. The summed E-state index contributed by atoms with van der Waals surface area (Å²) in [5.74, 6) is 0. The zero-order valence-electron chi connectivity index (χ0n) is 6.49. The highest BCUT2D eigenvalue weighted by Crippen LogP contribution is 2.37. The molecule has 0 amide bonds. The molecule has 1 heterocycles. The molecule has 0 aliphatic heterocycles. The van der Waals surface area contributed by atoms with Crippen LogP contribution in [0.5, 0.6) is 0 Å². The van der Waals surface area contributed by atoms with E-state index in [1.165, 1.54) is 0 Å². The van der Waals surface area contributed by atoms with Gasteiger partial charge in [-0.15, -0.1) is 0 Å². The molecule has 0 radical (unpaired) electrons. The van der Waals surface area contributed by atoms with E-state index in [-0.39, 0.29) is 0 Å². The molecule has 4 heteroatoms. The summed E-state index contributed by atoms with van der Waals surface area (Å²) in [6.45, 7) is 0. The molecule has 0 nitrogen and oxygen atoms in total. The number of halogens is 1. The highest BCUT2D eigenvalue weighted by molar-refractivity contribution is 7.80. The van der Waals surface area contributed by atoms with Crippen molar-refractivity contribution in [1.29, 1.82) is 0 Å². The maximum atomic E-state index is 6.06. The van der Waals surface area contributed by atoms with Gasteiger partial charge in [0.25, 0.3) is 0 Å². The normalized spacial score (nSPS) is 10.2. The quantitative estimate of drug-likeness (QED) is 0.510. The predicted octanol–water partition coefficient (Wildman–Crippen LogP) is 4.86. The lowest BCUT2D eigenvalue weighted by Gasteiger charge is -1.95. The summed E-state index contributed by atoms with van der Waals surface area (Å²) in [5.41, 5.74) is 1.14. The number of rotatable bonds is 1. The molecule has 1 aromatic carbocycles. The van der Waals surface area contributed by atoms with Gasteiger partial charge in [0, 0.05) is 0 Å². The van der Waals surface area contributed by atoms with E-state index in [4.69, 9.17) is 23.8 Å². The van der Waals surface area contributed by atoms with E-state index in [9.17, 15) is 0 Å². The Kier molecular flexibility index (Phi) is 2.79. The minimum Gasteiger partial charge on any atom is -0.0802 e. The van der Waals surface area contributed by atoms with Crippen molar-refractivity contribution >= 4 is 44.5 Å². The molecular weight excluding hydrogens is 240 g/mol. The van der Waals surface area contributed by atoms with Crippen LogP contribution in [0.2, 0.25) is 5.02 Å². The van der Waals surface area contributed by atoms with E-state index in [1.54, 1.807) is 20.7 Å². The Bertz CT molecular complexity index is 455. The first-order valence-corrected chi connectivity index (χ1v) is 6.56. The van der Waals surface area contributed by atoms with Crippen molar-refractivity contribution in [3.05, 3.63) is 39.2 Å². The fourth-order valence-corrected chi connectivity index (χ4v) is 4.17. The fraction of sp³-hybridized carbons (Fsp3) is 0. The molecular formula is C9H5ClS3. The van der Waals surface area contributed by atoms with Gasteiger partial charge in [-0.2, -0.15) is 0 Å². The molecule has 2 rings (SSSR count). The Morgan fingerprint density at radius 3 is 2.31 bits per heavy atom. The maximum absolute atomic E-state index is 6.06. The molecule has 13 heavy (non-hydrogen) atoms. The van der Waals surface area contributed by atoms with E-state index in [0.717, 1.165) is 19.3 Å². The zero-order valence-corrected chi connectivity index (χ0v) is 9.69. The Balaban J connectivity index is 2.60. The summed E-state index contributed by atoms with van der Waals surface area (Å²) in [5, 5.41) is 0.719. The van der Waals surface area contributed by atoms with E-state index in [1.807, 2.05) is 30.3 Å². The van der Waals surface area contributed by atoms with E-state index in [0.29, 0.717) is 0 Å². The van der Waals surface area contributed by atoms with Gasteiger partial charge in [0.1, 0.15) is 3.82 Å². The van der Waals surface area contributed by atoms with Gasteiger partial charge in [-0.1, -0.05) is 74.8 Å². The summed E-state index contributed by atoms with van der Waals surface area (Å²) in [6.07, 6.45) is 0. The van der Waals surface area contributed by atoms with E-state index >= 15 is 0 Å². The molecule has 0 aliphatic rings. The third-order valence-corrected chi connectivity index (χ3v) is 5.40. The van der Waals surface area contributed by atoms with Crippen LogP contribution in [-0.4, -0.2) is 0 Å². The molecule has 0 fully saturated rings. The minimum absolute atomic E-state index is 0.719. The second-order valence-corrected chi connectivity index (χ2v) is 5.66. The molecule has 0 N–H and O–H groups in total. The topological polar surface area (TPSA) is 0 Å². The Labute approximate surface area is 93.8 Å². The third kappa shape index (κ3) is 1.83. The van der Waals surface area contributed by atoms with Gasteiger partial charge >= 0.3 is 0 Å². The average Bonchev–Trinajstić information content (AvgIpc) is 2.49. The standard InChI is InChI=1S/C9H5ClS3/c10-7-8(12-13-9(7)11)6-4-2-1-3-5-6/h1-5H. The number of hydrogen-bond acceptors (Lipinski definition) is 3. The van der Waals surface area contributed by atoms with Crippen molar-refractivity contribution in [2.24, 2.45) is 0 Å². The first-order chi connectivity index (χ1) is 6.29. The molecule has 0 atom stereocenters. The van der Waals surface area contributed by atoms with Crippen molar-refractivity contribution < 1.29 is 0 Å². The van der Waals surface area contributed by atoms with Crippen molar-refractivity contribution in [2.75, 3.05) is 0 Å². The van der Waals surface area contributed by atoms with Crippen LogP contribution in [0.25, 0.3) is 10.4 Å². The summed E-state index contributed by atoms with van der Waals surface area (Å²) >= 11 is 11.1. The Morgan fingerprint density at radius 2 is 1.77 bits per heavy atom. The molecule has 0 aliphatic carbocycles. The molecule has 66 valence electrons. The van der Waals surface area contributed by atoms with Crippen LogP contribution in [0.4, 0.5) is 0 Å². The first kappa shape index (κ1) is 9.34. The molecule has 2 aromatic rings. The first-order valence-electron chi connectivity index (χ1n) is 3.63. The second kappa shape index (κ2) is 3.88. The van der Waals surface area contributed by atoms with Crippen LogP contribution in [0.1, 0.15) is 0 Å². The fourth-order valence-electron chi connectivity index (χ4n) is 1.01. The monoisotopic (exact) mass is 244 g/mol. The summed E-state index contributed by atoms with van der Waals surface area (Å²) < 4.78 is 0.783. The summed E-state index contributed by atoms with van der Waals surface area (Å²) in [4.78, 5) is 1.08. The van der Waals surface area contributed by atoms with Crippen molar-refractivity contribution in [3.8, 4) is 10.4 Å². The van der Waals surface area contributed by atoms with Gasteiger partial charge in [0.05, 0.1) is 9.90 Å². The van der Waals surface area contributed by atoms with E-state index in [2.05, 4.69) is 0 Å².